The zero-order valence-electron chi connectivity index (χ0n) is 4.39. The Kier molecular flexibility index (Phi) is 9.33. The second-order valence-corrected chi connectivity index (χ2v) is 0.883. The standard InChI is InChI=1S/C3H7N3.U/c1-5-3-6(2)4;/h4H,1-2H3;. The second-order valence-electron chi connectivity index (χ2n) is 0.883. The molecule has 3 nitrogen and oxygen atoms in total. The van der Waals surface area contributed by atoms with Crippen LogP contribution >= 0.6 is 0 Å². The molecule has 0 aliphatic rings. The maximum atomic E-state index is 6.61. The minimum Gasteiger partial charge on any atom is -0.319 e. The van der Waals surface area contributed by atoms with Crippen molar-refractivity contribution < 1.29 is 35.8 Å². The molecule has 0 radical (unpaired) electrons. The molecule has 0 saturated carbocycles. The van der Waals surface area contributed by atoms with Crippen LogP contribution in [0.4, 0.5) is 0 Å². The van der Waals surface area contributed by atoms with Crippen molar-refractivity contribution in [1.29, 1.82) is 5.53 Å². The van der Waals surface area contributed by atoms with Crippen LogP contribution in [0.3, 0.4) is 0 Å². The normalized spacial score (nSPS) is 8.29. The van der Waals surface area contributed by atoms with E-state index >= 15 is 0 Å². The fourth-order valence-electron chi connectivity index (χ4n) is 0.150. The monoisotopic (exact) mass is 323 g/mol. The van der Waals surface area contributed by atoms with Gasteiger partial charge in [-0.05, 0) is 6.34 Å². The van der Waals surface area contributed by atoms with Gasteiger partial charge in [-0.15, -0.1) is 0 Å². The number of nitrogens with zero attached hydrogens (tertiary/aromatic N) is 2. The van der Waals surface area contributed by atoms with E-state index in [9.17, 15) is 0 Å². The minimum absolute atomic E-state index is 0. The van der Waals surface area contributed by atoms with Crippen LogP contribution < -0.4 is 0 Å². The Bertz CT molecular complexity index is 78.2. The van der Waals surface area contributed by atoms with E-state index in [0.717, 1.165) is 4.70 Å². The third kappa shape index (κ3) is 10.7. The summed E-state index contributed by atoms with van der Waals surface area (Å²) in [6.07, 6.45) is 2.33. The van der Waals surface area contributed by atoms with Crippen molar-refractivity contribution in [3.63, 3.8) is 0 Å². The SMILES string of the molecule is CN=[C-][N+](C)=N.[U]. The van der Waals surface area contributed by atoms with Crippen molar-refractivity contribution in [2.24, 2.45) is 4.99 Å². The van der Waals surface area contributed by atoms with E-state index in [0.29, 0.717) is 0 Å². The van der Waals surface area contributed by atoms with E-state index < -0.39 is 0 Å². The summed E-state index contributed by atoms with van der Waals surface area (Å²) in [5.74, 6) is 0. The first-order valence-electron chi connectivity index (χ1n) is 1.57. The maximum absolute atomic E-state index is 6.61. The van der Waals surface area contributed by atoms with Crippen molar-refractivity contribution in [1.82, 2.24) is 0 Å². The number of hydrogen-bond donors (Lipinski definition) is 1. The van der Waals surface area contributed by atoms with Gasteiger partial charge in [0.15, 0.2) is 0 Å². The summed E-state index contributed by atoms with van der Waals surface area (Å²) in [6, 6.07) is 0. The van der Waals surface area contributed by atoms with Crippen LogP contribution in [0.2, 0.25) is 0 Å². The van der Waals surface area contributed by atoms with Crippen LogP contribution in [-0.2, 0) is 0 Å². The van der Waals surface area contributed by atoms with Crippen molar-refractivity contribution in [3.8, 4) is 0 Å². The van der Waals surface area contributed by atoms with Gasteiger partial charge in [-0.2, -0.15) is 5.53 Å². The average molecular weight is 323 g/mol. The molecule has 0 unspecified atom stereocenters. The Hall–Kier alpha value is 0.322. The molecule has 0 atom stereocenters. The van der Waals surface area contributed by atoms with Crippen molar-refractivity contribution in [3.05, 3.63) is 0 Å². The molecule has 0 heterocycles. The molecular weight excluding hydrogens is 316 g/mol. The Balaban J connectivity index is 0. The van der Waals surface area contributed by atoms with Crippen molar-refractivity contribution >= 4 is 6.34 Å². The number of nitrogens with one attached hydrogen (secondary N) is 1. The molecule has 0 fully saturated rings. The topological polar surface area (TPSA) is 39.2 Å². The summed E-state index contributed by atoms with van der Waals surface area (Å²) >= 11 is 0. The Labute approximate surface area is 66.7 Å². The molecule has 0 aromatic heterocycles. The Morgan fingerprint density at radius 1 is 1.71 bits per heavy atom. The first-order valence-corrected chi connectivity index (χ1v) is 1.57. The molecule has 0 bridgehead atoms. The summed E-state index contributed by atoms with van der Waals surface area (Å²) < 4.78 is 1.01. The molecule has 0 saturated heterocycles. The molecule has 7 heavy (non-hydrogen) atoms. The zero-order valence-corrected chi connectivity index (χ0v) is 8.56. The predicted octanol–water partition coefficient (Wildman–Crippen LogP) is 0.195. The van der Waals surface area contributed by atoms with Gasteiger partial charge in [0.05, 0.1) is 14.1 Å². The third-order valence-corrected chi connectivity index (χ3v) is 0.250. The number of hydrogen-bond acceptors (Lipinski definition) is 2. The van der Waals surface area contributed by atoms with Gasteiger partial charge >= 0.3 is 0 Å². The third-order valence-electron chi connectivity index (χ3n) is 0.250. The van der Waals surface area contributed by atoms with Crippen LogP contribution in [0.25, 0.3) is 0 Å². The van der Waals surface area contributed by atoms with Gasteiger partial charge < -0.3 is 4.70 Å². The zero-order chi connectivity index (χ0) is 4.99. The first-order chi connectivity index (χ1) is 2.77. The summed E-state index contributed by atoms with van der Waals surface area (Å²) in [4.78, 5) is 3.42. The van der Waals surface area contributed by atoms with E-state index in [2.05, 4.69) is 11.3 Å². The van der Waals surface area contributed by atoms with E-state index in [1.807, 2.05) is 0 Å². The fraction of sp³-hybridized carbons (Fsp3) is 0.667. The summed E-state index contributed by atoms with van der Waals surface area (Å²) in [6.45, 7) is 0. The van der Waals surface area contributed by atoms with Crippen molar-refractivity contribution in [2.75, 3.05) is 14.1 Å². The molecule has 1 N–H and O–H groups in total. The Morgan fingerprint density at radius 3 is 2.14 bits per heavy atom. The smallest absolute Gasteiger partial charge is 0.0779 e. The fourth-order valence-corrected chi connectivity index (χ4v) is 0.150. The van der Waals surface area contributed by atoms with E-state index in [-0.39, 0.29) is 31.1 Å². The van der Waals surface area contributed by atoms with E-state index in [4.69, 9.17) is 5.53 Å². The minimum atomic E-state index is 0. The molecule has 0 aromatic carbocycles. The largest absolute Gasteiger partial charge is 0.319 e. The number of aliphatic imine (C=N–C) groups is 1. The van der Waals surface area contributed by atoms with Crippen LogP contribution in [-0.4, -0.2) is 25.1 Å². The molecular formula is C3H7N3U. The van der Waals surface area contributed by atoms with Gasteiger partial charge in [-0.1, -0.05) is 0 Å². The quantitative estimate of drug-likeness (QED) is 0.179. The molecule has 0 amide bonds. The molecule has 0 aromatic rings. The van der Waals surface area contributed by atoms with Crippen molar-refractivity contribution in [2.45, 2.75) is 0 Å². The number of rotatable bonds is 1. The van der Waals surface area contributed by atoms with E-state index in [1.54, 1.807) is 14.1 Å². The molecule has 0 rings (SSSR count). The predicted molar refractivity (Wildman–Crippen MR) is 22.3 cm³/mol. The molecule has 0 spiro atoms. The second kappa shape index (κ2) is 6.32. The molecule has 0 aliphatic carbocycles. The first kappa shape index (κ1) is 10.3. The van der Waals surface area contributed by atoms with Gasteiger partial charge in [0.2, 0.25) is 0 Å². The average Bonchev–Trinajstić information content (AvgIpc) is 1.35. The van der Waals surface area contributed by atoms with Gasteiger partial charge in [-0.25, -0.2) is 0 Å². The van der Waals surface area contributed by atoms with Gasteiger partial charge in [0, 0.05) is 31.1 Å². The van der Waals surface area contributed by atoms with Gasteiger partial charge in [0.25, 0.3) is 0 Å². The van der Waals surface area contributed by atoms with Crippen LogP contribution in [0.5, 0.6) is 0 Å². The van der Waals surface area contributed by atoms with Gasteiger partial charge in [0.1, 0.15) is 0 Å². The molecule has 38 valence electrons. The maximum Gasteiger partial charge on any atom is 0.0779 e. The summed E-state index contributed by atoms with van der Waals surface area (Å²) in [5.41, 5.74) is 6.61. The molecule has 4 heteroatoms. The van der Waals surface area contributed by atoms with Crippen LogP contribution in [0.15, 0.2) is 4.99 Å². The Morgan fingerprint density at radius 2 is 2.14 bits per heavy atom. The van der Waals surface area contributed by atoms with Crippen LogP contribution in [0, 0.1) is 36.6 Å². The molecule has 0 aliphatic heterocycles. The van der Waals surface area contributed by atoms with E-state index in [1.165, 1.54) is 0 Å². The van der Waals surface area contributed by atoms with Crippen LogP contribution in [0.1, 0.15) is 0 Å². The summed E-state index contributed by atoms with van der Waals surface area (Å²) in [5, 5.41) is 0. The van der Waals surface area contributed by atoms with Gasteiger partial charge in [-0.3, -0.25) is 4.99 Å². The summed E-state index contributed by atoms with van der Waals surface area (Å²) in [7, 11) is 3.12.